The standard InChI is InChI=1S/C17H14N4O3/c22-14(23)11-6-7-13-18-16(20-21(13)10-11)19-15(24)17(8-9-17)12-4-2-1-3-5-12/h1-7,10H,8-9H2,(H,22,23)(H,19,20,24). The lowest BCUT2D eigenvalue weighted by Crippen LogP contribution is -2.28. The summed E-state index contributed by atoms with van der Waals surface area (Å²) >= 11 is 0. The van der Waals surface area contributed by atoms with Crippen LogP contribution < -0.4 is 5.32 Å². The summed E-state index contributed by atoms with van der Waals surface area (Å²) in [6.07, 6.45) is 2.95. The van der Waals surface area contributed by atoms with Crippen LogP contribution in [-0.4, -0.2) is 31.6 Å². The van der Waals surface area contributed by atoms with Crippen molar-refractivity contribution in [1.82, 2.24) is 14.6 Å². The fraction of sp³-hybridized carbons (Fsp3) is 0.176. The van der Waals surface area contributed by atoms with Crippen LogP contribution in [0, 0.1) is 0 Å². The summed E-state index contributed by atoms with van der Waals surface area (Å²) in [5.74, 6) is -1.01. The van der Waals surface area contributed by atoms with Gasteiger partial charge in [-0.25, -0.2) is 9.31 Å². The monoisotopic (exact) mass is 322 g/mol. The van der Waals surface area contributed by atoms with Gasteiger partial charge in [-0.15, -0.1) is 5.10 Å². The van der Waals surface area contributed by atoms with Gasteiger partial charge < -0.3 is 5.11 Å². The average molecular weight is 322 g/mol. The van der Waals surface area contributed by atoms with E-state index in [9.17, 15) is 9.59 Å². The topological polar surface area (TPSA) is 96.6 Å². The molecular weight excluding hydrogens is 308 g/mol. The largest absolute Gasteiger partial charge is 0.478 e. The molecule has 7 nitrogen and oxygen atoms in total. The summed E-state index contributed by atoms with van der Waals surface area (Å²) in [6.45, 7) is 0. The first-order chi connectivity index (χ1) is 11.6. The zero-order valence-corrected chi connectivity index (χ0v) is 12.6. The van der Waals surface area contributed by atoms with Crippen molar-refractivity contribution in [3.63, 3.8) is 0 Å². The van der Waals surface area contributed by atoms with Gasteiger partial charge in [-0.1, -0.05) is 30.3 Å². The maximum Gasteiger partial charge on any atom is 0.337 e. The molecule has 1 aliphatic rings. The Hall–Kier alpha value is -3.22. The molecule has 4 rings (SSSR count). The number of amides is 1. The molecule has 0 saturated heterocycles. The summed E-state index contributed by atoms with van der Waals surface area (Å²) in [4.78, 5) is 27.9. The number of pyridine rings is 1. The Morgan fingerprint density at radius 1 is 1.12 bits per heavy atom. The highest BCUT2D eigenvalue weighted by atomic mass is 16.4. The first kappa shape index (κ1) is 14.4. The smallest absolute Gasteiger partial charge is 0.337 e. The molecule has 24 heavy (non-hydrogen) atoms. The van der Waals surface area contributed by atoms with Crippen LogP contribution in [0.2, 0.25) is 0 Å². The molecule has 0 aliphatic heterocycles. The fourth-order valence-corrected chi connectivity index (χ4v) is 2.81. The number of carboxylic acids is 1. The van der Waals surface area contributed by atoms with Gasteiger partial charge in [-0.2, -0.15) is 4.98 Å². The predicted molar refractivity (Wildman–Crippen MR) is 85.9 cm³/mol. The molecule has 0 spiro atoms. The molecule has 0 atom stereocenters. The molecule has 0 unspecified atom stereocenters. The molecule has 3 aromatic rings. The van der Waals surface area contributed by atoms with Crippen LogP contribution in [0.4, 0.5) is 5.95 Å². The lowest BCUT2D eigenvalue weighted by Gasteiger charge is -2.13. The number of aromatic carboxylic acids is 1. The van der Waals surface area contributed by atoms with Gasteiger partial charge in [0.1, 0.15) is 0 Å². The Kier molecular flexibility index (Phi) is 3.09. The molecule has 1 saturated carbocycles. The van der Waals surface area contributed by atoms with E-state index >= 15 is 0 Å². The molecule has 2 aromatic heterocycles. The number of carboxylic acid groups (broad SMARTS) is 1. The van der Waals surface area contributed by atoms with Crippen LogP contribution in [0.3, 0.4) is 0 Å². The number of nitrogens with one attached hydrogen (secondary N) is 1. The van der Waals surface area contributed by atoms with E-state index in [4.69, 9.17) is 5.11 Å². The molecule has 1 fully saturated rings. The van der Waals surface area contributed by atoms with Gasteiger partial charge in [0.15, 0.2) is 5.65 Å². The maximum absolute atomic E-state index is 12.7. The molecule has 1 aromatic carbocycles. The van der Waals surface area contributed by atoms with Crippen molar-refractivity contribution in [3.05, 3.63) is 59.8 Å². The number of carbonyl (C=O) groups is 2. The average Bonchev–Trinajstić information content (AvgIpc) is 3.30. The second-order valence-corrected chi connectivity index (χ2v) is 5.86. The van der Waals surface area contributed by atoms with Gasteiger partial charge in [0, 0.05) is 6.20 Å². The first-order valence-corrected chi connectivity index (χ1v) is 7.55. The Morgan fingerprint density at radius 2 is 1.88 bits per heavy atom. The van der Waals surface area contributed by atoms with Crippen LogP contribution in [-0.2, 0) is 10.2 Å². The lowest BCUT2D eigenvalue weighted by atomic mass is 9.95. The Balaban J connectivity index is 1.60. The highest BCUT2D eigenvalue weighted by Gasteiger charge is 2.51. The van der Waals surface area contributed by atoms with Crippen molar-refractivity contribution < 1.29 is 14.7 Å². The maximum atomic E-state index is 12.7. The first-order valence-electron chi connectivity index (χ1n) is 7.55. The normalized spacial score (nSPS) is 15.2. The van der Waals surface area contributed by atoms with Crippen LogP contribution in [0.5, 0.6) is 0 Å². The number of hydrogen-bond acceptors (Lipinski definition) is 4. The molecule has 120 valence electrons. The van der Waals surface area contributed by atoms with Crippen molar-refractivity contribution in [2.24, 2.45) is 0 Å². The zero-order chi connectivity index (χ0) is 16.7. The molecule has 7 heteroatoms. The van der Waals surface area contributed by atoms with E-state index in [1.54, 1.807) is 6.07 Å². The molecule has 1 amide bonds. The number of benzene rings is 1. The quantitative estimate of drug-likeness (QED) is 0.767. The van der Waals surface area contributed by atoms with Gasteiger partial charge in [0.25, 0.3) is 0 Å². The Morgan fingerprint density at radius 3 is 2.54 bits per heavy atom. The van der Waals surface area contributed by atoms with Gasteiger partial charge >= 0.3 is 5.97 Å². The highest BCUT2D eigenvalue weighted by molar-refractivity contribution is 6.00. The molecular formula is C17H14N4O3. The second kappa shape index (κ2) is 5.16. The molecule has 0 radical (unpaired) electrons. The number of carbonyl (C=O) groups excluding carboxylic acids is 1. The van der Waals surface area contributed by atoms with E-state index < -0.39 is 11.4 Å². The van der Waals surface area contributed by atoms with Crippen LogP contribution in [0.25, 0.3) is 5.65 Å². The zero-order valence-electron chi connectivity index (χ0n) is 12.6. The van der Waals surface area contributed by atoms with Gasteiger partial charge in [0.05, 0.1) is 11.0 Å². The van der Waals surface area contributed by atoms with Crippen molar-refractivity contribution in [2.45, 2.75) is 18.3 Å². The third-order valence-corrected chi connectivity index (χ3v) is 4.31. The number of rotatable bonds is 4. The van der Waals surface area contributed by atoms with Crippen LogP contribution >= 0.6 is 0 Å². The van der Waals surface area contributed by atoms with Crippen molar-refractivity contribution in [2.75, 3.05) is 5.32 Å². The molecule has 2 heterocycles. The predicted octanol–water partition coefficient (Wildman–Crippen LogP) is 2.10. The molecule has 2 N–H and O–H groups in total. The summed E-state index contributed by atoms with van der Waals surface area (Å²) < 4.78 is 1.35. The van der Waals surface area contributed by atoms with Crippen molar-refractivity contribution in [1.29, 1.82) is 0 Å². The number of nitrogens with zero attached hydrogens (tertiary/aromatic N) is 3. The lowest BCUT2D eigenvalue weighted by molar-refractivity contribution is -0.118. The van der Waals surface area contributed by atoms with E-state index in [1.165, 1.54) is 16.8 Å². The van der Waals surface area contributed by atoms with E-state index in [0.29, 0.717) is 5.65 Å². The molecule has 1 aliphatic carbocycles. The highest BCUT2D eigenvalue weighted by Crippen LogP contribution is 2.48. The van der Waals surface area contributed by atoms with E-state index in [2.05, 4.69) is 15.4 Å². The van der Waals surface area contributed by atoms with E-state index in [1.807, 2.05) is 30.3 Å². The van der Waals surface area contributed by atoms with Crippen LogP contribution in [0.15, 0.2) is 48.7 Å². The summed E-state index contributed by atoms with van der Waals surface area (Å²) in [7, 11) is 0. The van der Waals surface area contributed by atoms with Gasteiger partial charge in [0.2, 0.25) is 11.9 Å². The summed E-state index contributed by atoms with van der Waals surface area (Å²) in [5.41, 5.74) is 1.05. The minimum absolute atomic E-state index is 0.105. The van der Waals surface area contributed by atoms with Crippen molar-refractivity contribution >= 4 is 23.5 Å². The van der Waals surface area contributed by atoms with Crippen molar-refractivity contribution in [3.8, 4) is 0 Å². The SMILES string of the molecule is O=C(O)c1ccc2nc(NC(=O)C3(c4ccccc4)CC3)nn2c1. The number of aromatic nitrogens is 3. The number of hydrogen-bond donors (Lipinski definition) is 2. The number of anilines is 1. The minimum Gasteiger partial charge on any atom is -0.478 e. The van der Waals surface area contributed by atoms with Gasteiger partial charge in [-0.05, 0) is 30.5 Å². The van der Waals surface area contributed by atoms with E-state index in [0.717, 1.165) is 18.4 Å². The summed E-state index contributed by atoms with van der Waals surface area (Å²) in [5, 5.41) is 15.9. The summed E-state index contributed by atoms with van der Waals surface area (Å²) in [6, 6.07) is 12.6. The third-order valence-electron chi connectivity index (χ3n) is 4.31. The number of fused-ring (bicyclic) bond motifs is 1. The van der Waals surface area contributed by atoms with E-state index in [-0.39, 0.29) is 17.4 Å². The van der Waals surface area contributed by atoms with Gasteiger partial charge in [-0.3, -0.25) is 10.1 Å². The Bertz CT molecular complexity index is 945. The fourth-order valence-electron chi connectivity index (χ4n) is 2.81. The minimum atomic E-state index is -1.04. The Labute approximate surface area is 137 Å². The molecule has 0 bridgehead atoms. The van der Waals surface area contributed by atoms with Crippen LogP contribution in [0.1, 0.15) is 28.8 Å². The second-order valence-electron chi connectivity index (χ2n) is 5.86. The third kappa shape index (κ3) is 2.30.